The van der Waals surface area contributed by atoms with Gasteiger partial charge in [-0.1, -0.05) is 12.1 Å². The van der Waals surface area contributed by atoms with Crippen LogP contribution in [0, 0.1) is 0 Å². The lowest BCUT2D eigenvalue weighted by Crippen LogP contribution is -2.40. The van der Waals surface area contributed by atoms with Crippen LogP contribution >= 0.6 is 11.3 Å². The van der Waals surface area contributed by atoms with Crippen molar-refractivity contribution in [1.29, 1.82) is 0 Å². The molecule has 1 aliphatic rings. The maximum atomic E-state index is 12.8. The van der Waals surface area contributed by atoms with Crippen molar-refractivity contribution in [3.05, 3.63) is 65.8 Å². The van der Waals surface area contributed by atoms with Crippen molar-refractivity contribution in [1.82, 2.24) is 15.3 Å². The number of ether oxygens (including phenoxy) is 2. The molecule has 0 spiro atoms. The molecule has 0 saturated heterocycles. The monoisotopic (exact) mass is 418 g/mol. The number of pyridine rings is 2. The number of thiophene rings is 1. The zero-order valence-corrected chi connectivity index (χ0v) is 16.7. The molecule has 0 aliphatic carbocycles. The van der Waals surface area contributed by atoms with Gasteiger partial charge in [0.25, 0.3) is 5.91 Å². The molecule has 1 aromatic carbocycles. The van der Waals surface area contributed by atoms with Crippen LogP contribution in [0.5, 0.6) is 11.5 Å². The highest BCUT2D eigenvalue weighted by Gasteiger charge is 2.23. The molecular formula is C22H18N4O3S. The van der Waals surface area contributed by atoms with Crippen molar-refractivity contribution in [2.75, 3.05) is 18.9 Å². The third-order valence-corrected chi connectivity index (χ3v) is 5.93. The first-order chi connectivity index (χ1) is 14.7. The summed E-state index contributed by atoms with van der Waals surface area (Å²) in [6.45, 7) is 0.685. The van der Waals surface area contributed by atoms with E-state index in [9.17, 15) is 4.79 Å². The molecule has 3 N–H and O–H groups in total. The Morgan fingerprint density at radius 3 is 2.87 bits per heavy atom. The van der Waals surface area contributed by atoms with Crippen molar-refractivity contribution < 1.29 is 14.3 Å². The highest BCUT2D eigenvalue weighted by molar-refractivity contribution is 7.21. The SMILES string of the molecule is Nc1c(C(=O)NC[C@H]2COc3ccccc3O2)sc2nc(-c3cccnc3)ccc12. The molecule has 8 heteroatoms. The predicted octanol–water partition coefficient (Wildman–Crippen LogP) is 3.51. The lowest BCUT2D eigenvalue weighted by molar-refractivity contribution is 0.0792. The van der Waals surface area contributed by atoms with Crippen LogP contribution in [0.15, 0.2) is 60.9 Å². The molecule has 30 heavy (non-hydrogen) atoms. The zero-order valence-electron chi connectivity index (χ0n) is 15.9. The topological polar surface area (TPSA) is 99.4 Å². The quantitative estimate of drug-likeness (QED) is 0.526. The fraction of sp³-hybridized carbons (Fsp3) is 0.136. The molecule has 7 nitrogen and oxygen atoms in total. The van der Waals surface area contributed by atoms with Gasteiger partial charge in [0, 0.05) is 23.3 Å². The van der Waals surface area contributed by atoms with E-state index in [1.54, 1.807) is 12.4 Å². The minimum atomic E-state index is -0.269. The second-order valence-corrected chi connectivity index (χ2v) is 7.84. The number of carbonyl (C=O) groups excluding carboxylic acids is 1. The number of amides is 1. The van der Waals surface area contributed by atoms with Gasteiger partial charge < -0.3 is 20.5 Å². The van der Waals surface area contributed by atoms with E-state index >= 15 is 0 Å². The van der Waals surface area contributed by atoms with Crippen molar-refractivity contribution >= 4 is 33.1 Å². The van der Waals surface area contributed by atoms with Crippen LogP contribution < -0.4 is 20.5 Å². The van der Waals surface area contributed by atoms with Gasteiger partial charge in [-0.3, -0.25) is 9.78 Å². The maximum Gasteiger partial charge on any atom is 0.263 e. The number of nitrogens with one attached hydrogen (secondary N) is 1. The van der Waals surface area contributed by atoms with E-state index in [4.69, 9.17) is 15.2 Å². The predicted molar refractivity (Wildman–Crippen MR) is 116 cm³/mol. The Labute approximate surface area is 176 Å². The number of anilines is 1. The average Bonchev–Trinajstić information content (AvgIpc) is 3.14. The van der Waals surface area contributed by atoms with Gasteiger partial charge in [0.1, 0.15) is 22.4 Å². The third kappa shape index (κ3) is 3.42. The fourth-order valence-electron chi connectivity index (χ4n) is 3.29. The summed E-state index contributed by atoms with van der Waals surface area (Å²) in [5.41, 5.74) is 8.37. The van der Waals surface area contributed by atoms with Crippen LogP contribution in [0.1, 0.15) is 9.67 Å². The molecule has 1 atom stereocenters. The van der Waals surface area contributed by atoms with Crippen molar-refractivity contribution in [3.63, 3.8) is 0 Å². The maximum absolute atomic E-state index is 12.8. The number of aromatic nitrogens is 2. The van der Waals surface area contributed by atoms with Crippen molar-refractivity contribution in [2.24, 2.45) is 0 Å². The molecule has 0 unspecified atom stereocenters. The van der Waals surface area contributed by atoms with E-state index in [1.807, 2.05) is 48.5 Å². The minimum absolute atomic E-state index is 0.249. The summed E-state index contributed by atoms with van der Waals surface area (Å²) in [4.78, 5) is 22.7. The molecule has 4 heterocycles. The van der Waals surface area contributed by atoms with Crippen LogP contribution in [-0.2, 0) is 0 Å². The van der Waals surface area contributed by atoms with Gasteiger partial charge in [-0.2, -0.15) is 0 Å². The van der Waals surface area contributed by atoms with Gasteiger partial charge in [-0.25, -0.2) is 4.98 Å². The number of para-hydroxylation sites is 2. The van der Waals surface area contributed by atoms with E-state index in [2.05, 4.69) is 15.3 Å². The molecule has 150 valence electrons. The summed E-state index contributed by atoms with van der Waals surface area (Å²) in [7, 11) is 0. The lowest BCUT2D eigenvalue weighted by atomic mass is 10.1. The fourth-order valence-corrected chi connectivity index (χ4v) is 4.30. The van der Waals surface area contributed by atoms with Gasteiger partial charge in [-0.05, 0) is 36.4 Å². The van der Waals surface area contributed by atoms with E-state index in [-0.39, 0.29) is 12.0 Å². The number of fused-ring (bicyclic) bond motifs is 2. The normalized spacial score (nSPS) is 15.1. The van der Waals surface area contributed by atoms with Crippen LogP contribution in [0.25, 0.3) is 21.5 Å². The Hall–Kier alpha value is -3.65. The second kappa shape index (κ2) is 7.64. The molecule has 3 aromatic heterocycles. The summed E-state index contributed by atoms with van der Waals surface area (Å²) < 4.78 is 11.6. The van der Waals surface area contributed by atoms with E-state index in [0.717, 1.165) is 16.6 Å². The summed E-state index contributed by atoms with van der Waals surface area (Å²) >= 11 is 1.28. The molecule has 5 rings (SSSR count). The Kier molecular flexibility index (Phi) is 4.68. The Morgan fingerprint density at radius 1 is 1.17 bits per heavy atom. The first kappa shape index (κ1) is 18.4. The molecule has 1 aliphatic heterocycles. The Morgan fingerprint density at radius 2 is 2.03 bits per heavy atom. The molecule has 0 radical (unpaired) electrons. The number of nitrogens with two attached hydrogens (primary N) is 1. The van der Waals surface area contributed by atoms with E-state index in [0.29, 0.717) is 40.0 Å². The Bertz CT molecular complexity index is 1230. The number of rotatable bonds is 4. The van der Waals surface area contributed by atoms with E-state index in [1.165, 1.54) is 11.3 Å². The van der Waals surface area contributed by atoms with Crippen LogP contribution in [0.4, 0.5) is 5.69 Å². The van der Waals surface area contributed by atoms with Crippen molar-refractivity contribution in [3.8, 4) is 22.8 Å². The van der Waals surface area contributed by atoms with Gasteiger partial charge >= 0.3 is 0 Å². The number of hydrogen-bond donors (Lipinski definition) is 2. The number of nitrogen functional groups attached to an aromatic ring is 1. The van der Waals surface area contributed by atoms with Gasteiger partial charge in [0.2, 0.25) is 0 Å². The summed E-state index contributed by atoms with van der Waals surface area (Å²) in [6.07, 6.45) is 3.20. The minimum Gasteiger partial charge on any atom is -0.486 e. The van der Waals surface area contributed by atoms with Gasteiger partial charge in [-0.15, -0.1) is 11.3 Å². The largest absolute Gasteiger partial charge is 0.486 e. The number of hydrogen-bond acceptors (Lipinski definition) is 7. The second-order valence-electron chi connectivity index (χ2n) is 6.84. The van der Waals surface area contributed by atoms with Crippen LogP contribution in [0.3, 0.4) is 0 Å². The summed E-state index contributed by atoms with van der Waals surface area (Å²) in [5.74, 6) is 1.14. The Balaban J connectivity index is 1.32. The van der Waals surface area contributed by atoms with Crippen LogP contribution in [-0.4, -0.2) is 35.1 Å². The first-order valence-corrected chi connectivity index (χ1v) is 10.3. The van der Waals surface area contributed by atoms with E-state index < -0.39 is 0 Å². The zero-order chi connectivity index (χ0) is 20.5. The first-order valence-electron chi connectivity index (χ1n) is 9.45. The van der Waals surface area contributed by atoms with Crippen LogP contribution in [0.2, 0.25) is 0 Å². The summed E-state index contributed by atoms with van der Waals surface area (Å²) in [5, 5.41) is 3.66. The molecule has 1 amide bonds. The summed E-state index contributed by atoms with van der Waals surface area (Å²) in [6, 6.07) is 15.1. The highest BCUT2D eigenvalue weighted by atomic mass is 32.1. The van der Waals surface area contributed by atoms with Crippen molar-refractivity contribution in [2.45, 2.75) is 6.10 Å². The molecule has 4 aromatic rings. The molecule has 0 bridgehead atoms. The highest BCUT2D eigenvalue weighted by Crippen LogP contribution is 2.34. The smallest absolute Gasteiger partial charge is 0.263 e. The molecule has 0 fully saturated rings. The molecular weight excluding hydrogens is 400 g/mol. The third-order valence-electron chi connectivity index (χ3n) is 4.82. The number of benzene rings is 1. The van der Waals surface area contributed by atoms with Gasteiger partial charge in [0.05, 0.1) is 17.9 Å². The lowest BCUT2D eigenvalue weighted by Gasteiger charge is -2.26. The standard InChI is InChI=1S/C22H18N4O3S/c23-19-15-7-8-16(13-4-3-9-24-10-13)26-22(15)30-20(19)21(27)25-11-14-12-28-17-5-1-2-6-18(17)29-14/h1-10,14H,11-12,23H2,(H,25,27)/t14-/m0/s1. The number of carbonyl (C=O) groups is 1. The molecule has 0 saturated carbocycles. The number of nitrogens with zero attached hydrogens (tertiary/aromatic N) is 2. The average molecular weight is 418 g/mol. The van der Waals surface area contributed by atoms with Gasteiger partial charge in [0.15, 0.2) is 11.5 Å².